The Kier molecular flexibility index (Phi) is 4.28. The van der Waals surface area contributed by atoms with E-state index in [1.54, 1.807) is 0 Å². The predicted molar refractivity (Wildman–Crippen MR) is 123 cm³/mol. The van der Waals surface area contributed by atoms with E-state index < -0.39 is 5.63 Å². The summed E-state index contributed by atoms with van der Waals surface area (Å²) in [6.45, 7) is 9.35. The lowest BCUT2D eigenvalue weighted by Gasteiger charge is -2.21. The van der Waals surface area contributed by atoms with Crippen molar-refractivity contribution < 1.29 is 9.21 Å². The monoisotopic (exact) mass is 414 g/mol. The molecule has 0 bridgehead atoms. The van der Waals surface area contributed by atoms with Crippen LogP contribution in [0, 0.1) is 6.92 Å². The number of rotatable bonds is 3. The first-order valence-electron chi connectivity index (χ1n) is 10.4. The first-order chi connectivity index (χ1) is 14.9. The summed E-state index contributed by atoms with van der Waals surface area (Å²) in [6.07, 6.45) is 1.47. The summed E-state index contributed by atoms with van der Waals surface area (Å²) in [5.74, 6) is -0.230. The predicted octanol–water partition coefficient (Wildman–Crippen LogP) is 4.66. The Morgan fingerprint density at radius 1 is 1.06 bits per heavy atom. The molecule has 0 aliphatic heterocycles. The Hall–Kier alpha value is -3.74. The van der Waals surface area contributed by atoms with Gasteiger partial charge in [-0.2, -0.15) is 9.78 Å². The van der Waals surface area contributed by atoms with Crippen molar-refractivity contribution in [1.82, 2.24) is 14.8 Å². The summed E-state index contributed by atoms with van der Waals surface area (Å²) in [5, 5.41) is 8.82. The Morgan fingerprint density at radius 2 is 1.81 bits per heavy atom. The largest absolute Gasteiger partial charge is 0.422 e. The van der Waals surface area contributed by atoms with Gasteiger partial charge in [-0.1, -0.05) is 6.07 Å². The number of hydrogen-bond donors (Lipinski definition) is 0. The average Bonchev–Trinajstić information content (AvgIpc) is 3.11. The number of nitrogens with zero attached hydrogens (tertiary/aromatic N) is 4. The Labute approximate surface area is 177 Å². The Bertz CT molecular complexity index is 1580. The first-order valence-corrected chi connectivity index (χ1v) is 10.4. The molecule has 2 aromatic carbocycles. The fourth-order valence-electron chi connectivity index (χ4n) is 4.43. The third-order valence-electron chi connectivity index (χ3n) is 5.94. The summed E-state index contributed by atoms with van der Waals surface area (Å²) in [6, 6.07) is 10.2. The summed E-state index contributed by atoms with van der Waals surface area (Å²) in [4.78, 5) is 31.5. The highest BCUT2D eigenvalue weighted by Crippen LogP contribution is 2.35. The number of carbonyl (C=O) groups excluding carboxylic acids is 1. The third-order valence-corrected chi connectivity index (χ3v) is 5.94. The van der Waals surface area contributed by atoms with Gasteiger partial charge in [0.05, 0.1) is 16.5 Å². The third kappa shape index (κ3) is 2.73. The standard InChI is InChI=1S/C24H22N4O3/c1-5-27(6-2)16-8-10-17-15(11-16)7-9-18-21-19(24(30)31-22(17)18)12-25-23-20(21)13(3)26-28(23)14(4)29/h7-12H,5-6H2,1-4H3. The van der Waals surface area contributed by atoms with Crippen LogP contribution in [0.3, 0.4) is 0 Å². The summed E-state index contributed by atoms with van der Waals surface area (Å²) in [7, 11) is 0. The van der Waals surface area contributed by atoms with E-state index in [9.17, 15) is 9.59 Å². The SMILES string of the molecule is CCN(CC)c1ccc2c(ccc3c2oc(=O)c2cnc4c(c(C)nn4C(C)=O)c23)c1. The number of aromatic nitrogens is 3. The molecule has 0 aliphatic rings. The van der Waals surface area contributed by atoms with Crippen LogP contribution in [-0.4, -0.2) is 33.8 Å². The molecule has 0 spiro atoms. The fourth-order valence-corrected chi connectivity index (χ4v) is 4.43. The molecule has 156 valence electrons. The molecule has 5 rings (SSSR count). The van der Waals surface area contributed by atoms with Crippen LogP contribution < -0.4 is 10.5 Å². The minimum Gasteiger partial charge on any atom is -0.422 e. The van der Waals surface area contributed by atoms with Crippen molar-refractivity contribution in [3.05, 3.63) is 52.6 Å². The average molecular weight is 414 g/mol. The molecule has 0 amide bonds. The fraction of sp³-hybridized carbons (Fsp3) is 0.250. The summed E-state index contributed by atoms with van der Waals surface area (Å²) >= 11 is 0. The van der Waals surface area contributed by atoms with Gasteiger partial charge in [-0.3, -0.25) is 4.79 Å². The van der Waals surface area contributed by atoms with Crippen LogP contribution >= 0.6 is 0 Å². The van der Waals surface area contributed by atoms with Crippen molar-refractivity contribution in [2.45, 2.75) is 27.7 Å². The molecule has 3 aromatic heterocycles. The number of fused-ring (bicyclic) bond motifs is 7. The molecule has 0 unspecified atom stereocenters. The highest BCUT2D eigenvalue weighted by Gasteiger charge is 2.20. The van der Waals surface area contributed by atoms with Gasteiger partial charge >= 0.3 is 5.63 Å². The normalized spacial score (nSPS) is 11.7. The maximum absolute atomic E-state index is 12.9. The van der Waals surface area contributed by atoms with Crippen LogP contribution in [0.25, 0.3) is 43.5 Å². The lowest BCUT2D eigenvalue weighted by atomic mass is 10.0. The van der Waals surface area contributed by atoms with Gasteiger partial charge in [0.2, 0.25) is 5.91 Å². The minimum atomic E-state index is -0.452. The van der Waals surface area contributed by atoms with Crippen LogP contribution in [0.5, 0.6) is 0 Å². The van der Waals surface area contributed by atoms with E-state index in [-0.39, 0.29) is 5.91 Å². The van der Waals surface area contributed by atoms with Gasteiger partial charge in [-0.15, -0.1) is 0 Å². The number of aryl methyl sites for hydroxylation is 1. The van der Waals surface area contributed by atoms with Gasteiger partial charge in [0.15, 0.2) is 5.65 Å². The molecule has 31 heavy (non-hydrogen) atoms. The van der Waals surface area contributed by atoms with Crippen molar-refractivity contribution in [3.63, 3.8) is 0 Å². The zero-order valence-electron chi connectivity index (χ0n) is 17.9. The van der Waals surface area contributed by atoms with Crippen LogP contribution in [-0.2, 0) is 0 Å². The highest BCUT2D eigenvalue weighted by molar-refractivity contribution is 6.22. The smallest absolute Gasteiger partial charge is 0.345 e. The molecule has 0 radical (unpaired) electrons. The van der Waals surface area contributed by atoms with E-state index >= 15 is 0 Å². The lowest BCUT2D eigenvalue weighted by molar-refractivity contribution is 0.0925. The van der Waals surface area contributed by atoms with Crippen molar-refractivity contribution in [1.29, 1.82) is 0 Å². The molecule has 0 N–H and O–H groups in total. The van der Waals surface area contributed by atoms with E-state index in [4.69, 9.17) is 4.42 Å². The molecule has 7 nitrogen and oxygen atoms in total. The second kappa shape index (κ2) is 6.91. The van der Waals surface area contributed by atoms with E-state index in [0.29, 0.717) is 27.7 Å². The van der Waals surface area contributed by atoms with Gasteiger partial charge < -0.3 is 9.32 Å². The van der Waals surface area contributed by atoms with E-state index in [2.05, 4.69) is 41.0 Å². The molecule has 3 heterocycles. The molecule has 0 saturated heterocycles. The second-order valence-corrected chi connectivity index (χ2v) is 7.67. The molecular formula is C24H22N4O3. The Morgan fingerprint density at radius 3 is 2.52 bits per heavy atom. The van der Waals surface area contributed by atoms with Crippen LogP contribution in [0.4, 0.5) is 5.69 Å². The molecule has 7 heteroatoms. The minimum absolute atomic E-state index is 0.230. The molecule has 0 aliphatic carbocycles. The van der Waals surface area contributed by atoms with Gasteiger partial charge in [-0.05, 0) is 50.4 Å². The van der Waals surface area contributed by atoms with E-state index in [1.807, 2.05) is 25.1 Å². The molecule has 0 saturated carbocycles. The zero-order valence-corrected chi connectivity index (χ0v) is 17.9. The van der Waals surface area contributed by atoms with Crippen molar-refractivity contribution in [3.8, 4) is 0 Å². The van der Waals surface area contributed by atoms with Gasteiger partial charge in [-0.25, -0.2) is 9.78 Å². The number of anilines is 1. The van der Waals surface area contributed by atoms with Crippen LogP contribution in [0.1, 0.15) is 31.3 Å². The quantitative estimate of drug-likeness (QED) is 0.316. The zero-order chi connectivity index (χ0) is 21.9. The summed E-state index contributed by atoms with van der Waals surface area (Å²) in [5.41, 5.74) is 2.30. The van der Waals surface area contributed by atoms with Gasteiger partial charge in [0.25, 0.3) is 0 Å². The maximum Gasteiger partial charge on any atom is 0.345 e. The van der Waals surface area contributed by atoms with Gasteiger partial charge in [0.1, 0.15) is 5.58 Å². The number of carbonyl (C=O) groups is 1. The molecular weight excluding hydrogens is 392 g/mol. The second-order valence-electron chi connectivity index (χ2n) is 7.67. The molecule has 5 aromatic rings. The highest BCUT2D eigenvalue weighted by atomic mass is 16.4. The number of benzene rings is 2. The maximum atomic E-state index is 12.9. The van der Waals surface area contributed by atoms with E-state index in [0.717, 1.165) is 40.3 Å². The van der Waals surface area contributed by atoms with Crippen molar-refractivity contribution in [2.24, 2.45) is 0 Å². The van der Waals surface area contributed by atoms with Crippen molar-refractivity contribution in [2.75, 3.05) is 18.0 Å². The number of hydrogen-bond acceptors (Lipinski definition) is 6. The first kappa shape index (κ1) is 19.2. The van der Waals surface area contributed by atoms with Gasteiger partial charge in [0, 0.05) is 48.1 Å². The van der Waals surface area contributed by atoms with Crippen LogP contribution in [0.2, 0.25) is 0 Å². The number of pyridine rings is 1. The topological polar surface area (TPSA) is 81.2 Å². The molecule has 0 atom stereocenters. The summed E-state index contributed by atoms with van der Waals surface area (Å²) < 4.78 is 7.06. The Balaban J connectivity index is 1.92. The van der Waals surface area contributed by atoms with Crippen molar-refractivity contribution >= 4 is 55.1 Å². The molecule has 0 fully saturated rings. The van der Waals surface area contributed by atoms with E-state index in [1.165, 1.54) is 17.8 Å². The van der Waals surface area contributed by atoms with Crippen LogP contribution in [0.15, 0.2) is 45.7 Å². The lowest BCUT2D eigenvalue weighted by Crippen LogP contribution is -2.21.